The molecule has 0 amide bonds. The second-order valence-electron chi connectivity index (χ2n) is 10.4. The third-order valence-corrected chi connectivity index (χ3v) is 9.08. The highest BCUT2D eigenvalue weighted by molar-refractivity contribution is 5.82. The van der Waals surface area contributed by atoms with Crippen molar-refractivity contribution in [3.63, 3.8) is 0 Å². The molecule has 7 atom stereocenters. The van der Waals surface area contributed by atoms with E-state index in [0.29, 0.717) is 6.42 Å². The molecule has 5 rings (SSSR count). The van der Waals surface area contributed by atoms with Crippen molar-refractivity contribution in [1.29, 1.82) is 0 Å². The molecule has 0 aromatic carbocycles. The molecule has 2 bridgehead atoms. The van der Waals surface area contributed by atoms with Crippen molar-refractivity contribution in [1.82, 2.24) is 0 Å². The van der Waals surface area contributed by atoms with E-state index in [1.807, 2.05) is 6.07 Å². The van der Waals surface area contributed by atoms with Gasteiger partial charge in [-0.1, -0.05) is 20.4 Å². The minimum Gasteiger partial charge on any atom is -0.472 e. The first-order valence-electron chi connectivity index (χ1n) is 11.3. The molecule has 7 unspecified atom stereocenters. The van der Waals surface area contributed by atoms with E-state index >= 15 is 0 Å². The minimum atomic E-state index is -0.926. The number of carbonyl (C=O) groups excluding carboxylic acids is 3. The number of ether oxygens (including phenoxy) is 3. The molecule has 1 aromatic rings. The summed E-state index contributed by atoms with van der Waals surface area (Å²) in [5, 5.41) is 0. The van der Waals surface area contributed by atoms with Gasteiger partial charge in [0.05, 0.1) is 32.2 Å². The number of rotatable bonds is 3. The van der Waals surface area contributed by atoms with Crippen molar-refractivity contribution in [2.75, 3.05) is 7.11 Å². The smallest absolute Gasteiger partial charge is 0.309 e. The zero-order valence-electron chi connectivity index (χ0n) is 18.8. The Labute approximate surface area is 187 Å². The predicted molar refractivity (Wildman–Crippen MR) is 112 cm³/mol. The SMILES string of the molecule is C=C1C2CCC3(C)C(c4ccoc4)OC(=O)CC13OC1CC(=O)CC(CC(=O)OC)C12C. The summed E-state index contributed by atoms with van der Waals surface area (Å²) in [5.41, 5.74) is -0.216. The van der Waals surface area contributed by atoms with Gasteiger partial charge in [0, 0.05) is 35.7 Å². The van der Waals surface area contributed by atoms with E-state index in [2.05, 4.69) is 20.4 Å². The number of hydrogen-bond acceptors (Lipinski definition) is 7. The Kier molecular flexibility index (Phi) is 4.72. The average Bonchev–Trinajstić information content (AvgIpc) is 3.26. The Bertz CT molecular complexity index is 980. The minimum absolute atomic E-state index is 0.0352. The van der Waals surface area contributed by atoms with Crippen molar-refractivity contribution < 1.29 is 33.0 Å². The molecule has 3 heterocycles. The summed E-state index contributed by atoms with van der Waals surface area (Å²) in [5.74, 6) is -0.738. The van der Waals surface area contributed by atoms with E-state index in [1.54, 1.807) is 12.5 Å². The van der Waals surface area contributed by atoms with E-state index in [1.165, 1.54) is 7.11 Å². The lowest BCUT2D eigenvalue weighted by molar-refractivity contribution is -0.292. The first-order chi connectivity index (χ1) is 15.2. The molecule has 2 saturated heterocycles. The number of esters is 2. The van der Waals surface area contributed by atoms with Gasteiger partial charge in [-0.05, 0) is 36.3 Å². The van der Waals surface area contributed by atoms with Gasteiger partial charge in [0.1, 0.15) is 17.5 Å². The van der Waals surface area contributed by atoms with Crippen LogP contribution in [0.4, 0.5) is 0 Å². The zero-order valence-corrected chi connectivity index (χ0v) is 18.8. The maximum absolute atomic E-state index is 12.9. The van der Waals surface area contributed by atoms with Crippen LogP contribution in [0.1, 0.15) is 64.0 Å². The molecule has 2 saturated carbocycles. The number of hydrogen-bond donors (Lipinski definition) is 0. The van der Waals surface area contributed by atoms with Gasteiger partial charge in [-0.3, -0.25) is 14.4 Å². The van der Waals surface area contributed by atoms with Gasteiger partial charge in [0.15, 0.2) is 0 Å². The van der Waals surface area contributed by atoms with Gasteiger partial charge < -0.3 is 18.6 Å². The molecule has 4 aliphatic rings. The molecule has 7 nitrogen and oxygen atoms in total. The van der Waals surface area contributed by atoms with Gasteiger partial charge in [-0.15, -0.1) is 0 Å². The normalized spacial score (nSPS) is 43.2. The van der Waals surface area contributed by atoms with Crippen molar-refractivity contribution in [3.8, 4) is 0 Å². The molecule has 4 fully saturated rings. The van der Waals surface area contributed by atoms with Crippen LogP contribution in [0.5, 0.6) is 0 Å². The Morgan fingerprint density at radius 3 is 2.75 bits per heavy atom. The number of fused-ring (bicyclic) bond motifs is 3. The molecular formula is C25H30O7. The van der Waals surface area contributed by atoms with Crippen molar-refractivity contribution in [2.24, 2.45) is 22.7 Å². The number of ketones is 1. The molecule has 0 radical (unpaired) electrons. The fraction of sp³-hybridized carbons (Fsp3) is 0.640. The van der Waals surface area contributed by atoms with Gasteiger partial charge in [0.25, 0.3) is 0 Å². The van der Waals surface area contributed by atoms with Crippen LogP contribution >= 0.6 is 0 Å². The van der Waals surface area contributed by atoms with Gasteiger partial charge in [0.2, 0.25) is 0 Å². The maximum atomic E-state index is 12.9. The van der Waals surface area contributed by atoms with E-state index < -0.39 is 28.6 Å². The Morgan fingerprint density at radius 2 is 2.06 bits per heavy atom. The number of Topliss-reactive ketones (excluding diaryl/α,β-unsaturated/α-hetero) is 1. The Morgan fingerprint density at radius 1 is 1.28 bits per heavy atom. The lowest BCUT2D eigenvalue weighted by Gasteiger charge is -2.68. The van der Waals surface area contributed by atoms with Gasteiger partial charge >= 0.3 is 11.9 Å². The van der Waals surface area contributed by atoms with Crippen LogP contribution < -0.4 is 0 Å². The van der Waals surface area contributed by atoms with Crippen molar-refractivity contribution >= 4 is 17.7 Å². The molecular weight excluding hydrogens is 412 g/mol. The molecule has 2 aliphatic heterocycles. The first-order valence-corrected chi connectivity index (χ1v) is 11.3. The van der Waals surface area contributed by atoms with Crippen LogP contribution in [-0.2, 0) is 28.6 Å². The highest BCUT2D eigenvalue weighted by Gasteiger charge is 2.71. The Balaban J connectivity index is 1.60. The fourth-order valence-corrected chi connectivity index (χ4v) is 7.20. The number of methoxy groups -OCH3 is 1. The third-order valence-electron chi connectivity index (χ3n) is 9.08. The third kappa shape index (κ3) is 2.66. The monoisotopic (exact) mass is 442 g/mol. The predicted octanol–water partition coefficient (Wildman–Crippen LogP) is 3.93. The number of furan rings is 1. The van der Waals surface area contributed by atoms with Crippen LogP contribution in [0.25, 0.3) is 0 Å². The second-order valence-corrected chi connectivity index (χ2v) is 10.4. The molecule has 1 spiro atoms. The van der Waals surface area contributed by atoms with Crippen LogP contribution in [0.2, 0.25) is 0 Å². The standard InChI is InChI=1S/C25H30O7/c1-14-18-5-7-23(2)22(15-6-8-30-13-15)31-21(28)12-25(14,23)32-19-11-17(26)9-16(24(18,19)3)10-20(27)29-4/h6,8,13,16,18-19,22H,1,5,7,9-12H2,2-4H3. The largest absolute Gasteiger partial charge is 0.472 e. The summed E-state index contributed by atoms with van der Waals surface area (Å²) in [6, 6.07) is 1.82. The van der Waals surface area contributed by atoms with Crippen LogP contribution in [0, 0.1) is 22.7 Å². The van der Waals surface area contributed by atoms with Crippen LogP contribution in [0.3, 0.4) is 0 Å². The highest BCUT2D eigenvalue weighted by Crippen LogP contribution is 2.70. The maximum Gasteiger partial charge on any atom is 0.309 e. The molecule has 0 N–H and O–H groups in total. The number of carbonyl (C=O) groups is 3. The van der Waals surface area contributed by atoms with E-state index in [9.17, 15) is 14.4 Å². The molecule has 32 heavy (non-hydrogen) atoms. The molecule has 7 heteroatoms. The first kappa shape index (κ1) is 21.4. The van der Waals surface area contributed by atoms with E-state index in [4.69, 9.17) is 18.6 Å². The highest BCUT2D eigenvalue weighted by atomic mass is 16.6. The summed E-state index contributed by atoms with van der Waals surface area (Å²) in [7, 11) is 1.37. The van der Waals surface area contributed by atoms with Crippen molar-refractivity contribution in [3.05, 3.63) is 36.3 Å². The molecule has 2 aliphatic carbocycles. The summed E-state index contributed by atoms with van der Waals surface area (Å²) >= 11 is 0. The second kappa shape index (κ2) is 7.04. The van der Waals surface area contributed by atoms with Gasteiger partial charge in [-0.25, -0.2) is 0 Å². The van der Waals surface area contributed by atoms with Crippen LogP contribution in [-0.4, -0.2) is 36.5 Å². The van der Waals surface area contributed by atoms with Crippen LogP contribution in [0.15, 0.2) is 35.2 Å². The summed E-state index contributed by atoms with van der Waals surface area (Å²) in [4.78, 5) is 37.8. The molecule has 1 aromatic heterocycles. The van der Waals surface area contributed by atoms with E-state index in [0.717, 1.165) is 24.0 Å². The number of cyclic esters (lactones) is 1. The lowest BCUT2D eigenvalue weighted by Crippen LogP contribution is -2.71. The summed E-state index contributed by atoms with van der Waals surface area (Å²) < 4.78 is 23.0. The average molecular weight is 443 g/mol. The zero-order chi connectivity index (χ0) is 22.9. The summed E-state index contributed by atoms with van der Waals surface area (Å²) in [6.07, 6.45) is 4.72. The topological polar surface area (TPSA) is 92.0 Å². The van der Waals surface area contributed by atoms with Crippen molar-refractivity contribution in [2.45, 2.75) is 70.2 Å². The lowest BCUT2D eigenvalue weighted by atomic mass is 9.44. The summed E-state index contributed by atoms with van der Waals surface area (Å²) in [6.45, 7) is 8.72. The quantitative estimate of drug-likeness (QED) is 0.517. The molecule has 172 valence electrons. The fourth-order valence-electron chi connectivity index (χ4n) is 7.20. The Hall–Kier alpha value is -2.41. The van der Waals surface area contributed by atoms with E-state index in [-0.39, 0.29) is 48.8 Å². The van der Waals surface area contributed by atoms with Gasteiger partial charge in [-0.2, -0.15) is 0 Å².